The highest BCUT2D eigenvalue weighted by atomic mass is 16.5. The van der Waals surface area contributed by atoms with Gasteiger partial charge in [-0.05, 0) is 35.0 Å². The lowest BCUT2D eigenvalue weighted by atomic mass is 10.1. The van der Waals surface area contributed by atoms with E-state index in [2.05, 4.69) is 5.32 Å². The van der Waals surface area contributed by atoms with Crippen molar-refractivity contribution in [1.29, 1.82) is 0 Å². The van der Waals surface area contributed by atoms with Crippen LogP contribution in [0.5, 0.6) is 5.75 Å². The van der Waals surface area contributed by atoms with Gasteiger partial charge in [0.1, 0.15) is 11.5 Å². The molecule has 1 aromatic heterocycles. The molecule has 1 heterocycles. The summed E-state index contributed by atoms with van der Waals surface area (Å²) in [7, 11) is 0. The Morgan fingerprint density at radius 2 is 1.90 bits per heavy atom. The lowest BCUT2D eigenvalue weighted by Gasteiger charge is -2.07. The highest BCUT2D eigenvalue weighted by Gasteiger charge is 2.04. The fraction of sp³-hybridized carbons (Fsp3) is 0.118. The molecule has 0 fully saturated rings. The number of hydrogen-bond donors (Lipinski definition) is 1. The SMILES string of the molecule is O=C(COc1ccc2ccccc2c1)NCc1ccco1. The molecule has 3 rings (SSSR count). The van der Waals surface area contributed by atoms with Crippen LogP contribution in [-0.4, -0.2) is 12.5 Å². The van der Waals surface area contributed by atoms with E-state index in [1.807, 2.05) is 48.5 Å². The summed E-state index contributed by atoms with van der Waals surface area (Å²) in [6.07, 6.45) is 1.58. The lowest BCUT2D eigenvalue weighted by Crippen LogP contribution is -2.28. The van der Waals surface area contributed by atoms with Crippen molar-refractivity contribution in [3.63, 3.8) is 0 Å². The van der Waals surface area contributed by atoms with Gasteiger partial charge in [0.05, 0.1) is 12.8 Å². The highest BCUT2D eigenvalue weighted by molar-refractivity contribution is 5.84. The Morgan fingerprint density at radius 3 is 2.71 bits per heavy atom. The average molecular weight is 281 g/mol. The van der Waals surface area contributed by atoms with Crippen LogP contribution in [-0.2, 0) is 11.3 Å². The molecular formula is C17H15NO3. The molecule has 0 aliphatic heterocycles. The van der Waals surface area contributed by atoms with Crippen LogP contribution in [0.3, 0.4) is 0 Å². The van der Waals surface area contributed by atoms with Crippen LogP contribution in [0, 0.1) is 0 Å². The first-order chi connectivity index (χ1) is 10.3. The summed E-state index contributed by atoms with van der Waals surface area (Å²) >= 11 is 0. The van der Waals surface area contributed by atoms with Crippen LogP contribution in [0.4, 0.5) is 0 Å². The number of nitrogens with one attached hydrogen (secondary N) is 1. The van der Waals surface area contributed by atoms with E-state index in [1.54, 1.807) is 12.3 Å². The van der Waals surface area contributed by atoms with E-state index in [9.17, 15) is 4.79 Å². The second kappa shape index (κ2) is 6.13. The molecule has 106 valence electrons. The normalized spacial score (nSPS) is 10.5. The molecule has 1 amide bonds. The first-order valence-electron chi connectivity index (χ1n) is 6.72. The Balaban J connectivity index is 1.54. The number of fused-ring (bicyclic) bond motifs is 1. The third-order valence-corrected chi connectivity index (χ3v) is 3.13. The molecule has 0 aliphatic carbocycles. The zero-order chi connectivity index (χ0) is 14.5. The van der Waals surface area contributed by atoms with Crippen LogP contribution in [0.15, 0.2) is 65.3 Å². The van der Waals surface area contributed by atoms with Gasteiger partial charge in [-0.3, -0.25) is 4.79 Å². The van der Waals surface area contributed by atoms with Crippen molar-refractivity contribution in [3.05, 3.63) is 66.6 Å². The summed E-state index contributed by atoms with van der Waals surface area (Å²) in [4.78, 5) is 11.7. The van der Waals surface area contributed by atoms with Crippen LogP contribution in [0.1, 0.15) is 5.76 Å². The summed E-state index contributed by atoms with van der Waals surface area (Å²) in [6, 6.07) is 17.4. The number of hydrogen-bond acceptors (Lipinski definition) is 3. The Morgan fingerprint density at radius 1 is 1.05 bits per heavy atom. The molecular weight excluding hydrogens is 266 g/mol. The van der Waals surface area contributed by atoms with Crippen molar-refractivity contribution >= 4 is 16.7 Å². The van der Waals surface area contributed by atoms with Gasteiger partial charge in [0.25, 0.3) is 5.91 Å². The molecule has 0 saturated heterocycles. The number of carbonyl (C=O) groups excluding carboxylic acids is 1. The number of amides is 1. The minimum atomic E-state index is -0.181. The largest absolute Gasteiger partial charge is 0.484 e. The molecule has 0 unspecified atom stereocenters. The van der Waals surface area contributed by atoms with E-state index in [0.29, 0.717) is 18.1 Å². The topological polar surface area (TPSA) is 51.5 Å². The highest BCUT2D eigenvalue weighted by Crippen LogP contribution is 2.20. The van der Waals surface area contributed by atoms with Crippen molar-refractivity contribution in [2.24, 2.45) is 0 Å². The average Bonchev–Trinajstić information content (AvgIpc) is 3.04. The van der Waals surface area contributed by atoms with E-state index < -0.39 is 0 Å². The molecule has 3 aromatic rings. The quantitative estimate of drug-likeness (QED) is 0.781. The van der Waals surface area contributed by atoms with Crippen molar-refractivity contribution < 1.29 is 13.9 Å². The zero-order valence-electron chi connectivity index (χ0n) is 11.4. The first-order valence-corrected chi connectivity index (χ1v) is 6.72. The molecule has 21 heavy (non-hydrogen) atoms. The third kappa shape index (κ3) is 3.42. The predicted octanol–water partition coefficient (Wildman–Crippen LogP) is 3.13. The van der Waals surface area contributed by atoms with Crippen molar-refractivity contribution in [2.45, 2.75) is 6.54 Å². The standard InChI is InChI=1S/C17H15NO3/c19-17(18-11-16-6-3-9-20-16)12-21-15-8-7-13-4-1-2-5-14(13)10-15/h1-10H,11-12H2,(H,18,19). The van der Waals surface area contributed by atoms with Crippen LogP contribution in [0.2, 0.25) is 0 Å². The van der Waals surface area contributed by atoms with Gasteiger partial charge in [-0.15, -0.1) is 0 Å². The molecule has 0 atom stereocenters. The molecule has 1 N–H and O–H groups in total. The number of carbonyl (C=O) groups is 1. The molecule has 0 saturated carbocycles. The maximum Gasteiger partial charge on any atom is 0.258 e. The van der Waals surface area contributed by atoms with Gasteiger partial charge in [0.15, 0.2) is 6.61 Å². The van der Waals surface area contributed by atoms with Gasteiger partial charge in [-0.25, -0.2) is 0 Å². The minimum Gasteiger partial charge on any atom is -0.484 e. The minimum absolute atomic E-state index is 0.0148. The van der Waals surface area contributed by atoms with Crippen LogP contribution >= 0.6 is 0 Å². The second-order valence-corrected chi connectivity index (χ2v) is 4.65. The van der Waals surface area contributed by atoms with Crippen LogP contribution in [0.25, 0.3) is 10.8 Å². The number of furan rings is 1. The molecule has 4 heteroatoms. The van der Waals surface area contributed by atoms with Crippen molar-refractivity contribution in [3.8, 4) is 5.75 Å². The third-order valence-electron chi connectivity index (χ3n) is 3.13. The van der Waals surface area contributed by atoms with Gasteiger partial charge in [-0.2, -0.15) is 0 Å². The van der Waals surface area contributed by atoms with Crippen molar-refractivity contribution in [2.75, 3.05) is 6.61 Å². The van der Waals surface area contributed by atoms with Gasteiger partial charge >= 0.3 is 0 Å². The summed E-state index contributed by atoms with van der Waals surface area (Å²) in [6.45, 7) is 0.353. The Hall–Kier alpha value is -2.75. The Kier molecular flexibility index (Phi) is 3.87. The summed E-state index contributed by atoms with van der Waals surface area (Å²) in [5.41, 5.74) is 0. The zero-order valence-corrected chi connectivity index (χ0v) is 11.4. The van der Waals surface area contributed by atoms with Crippen LogP contribution < -0.4 is 10.1 Å². The number of rotatable bonds is 5. The Bertz CT molecular complexity index is 735. The number of ether oxygens (including phenoxy) is 1. The predicted molar refractivity (Wildman–Crippen MR) is 80.0 cm³/mol. The molecule has 4 nitrogen and oxygen atoms in total. The second-order valence-electron chi connectivity index (χ2n) is 4.65. The monoisotopic (exact) mass is 281 g/mol. The molecule has 2 aromatic carbocycles. The van der Waals surface area contributed by atoms with Gasteiger partial charge in [0, 0.05) is 0 Å². The molecule has 0 radical (unpaired) electrons. The number of benzene rings is 2. The summed E-state index contributed by atoms with van der Waals surface area (Å²) in [5.74, 6) is 1.22. The lowest BCUT2D eigenvalue weighted by molar-refractivity contribution is -0.123. The smallest absolute Gasteiger partial charge is 0.258 e. The molecule has 0 spiro atoms. The summed E-state index contributed by atoms with van der Waals surface area (Å²) in [5, 5.41) is 4.97. The van der Waals surface area contributed by atoms with E-state index >= 15 is 0 Å². The maximum absolute atomic E-state index is 11.7. The van der Waals surface area contributed by atoms with E-state index in [4.69, 9.17) is 9.15 Å². The van der Waals surface area contributed by atoms with Gasteiger partial charge in [0.2, 0.25) is 0 Å². The van der Waals surface area contributed by atoms with E-state index in [1.165, 1.54) is 0 Å². The fourth-order valence-electron chi connectivity index (χ4n) is 2.06. The Labute approximate surface area is 122 Å². The van der Waals surface area contributed by atoms with Crippen molar-refractivity contribution in [1.82, 2.24) is 5.32 Å². The van der Waals surface area contributed by atoms with E-state index in [0.717, 1.165) is 10.8 Å². The van der Waals surface area contributed by atoms with Gasteiger partial charge < -0.3 is 14.5 Å². The maximum atomic E-state index is 11.7. The first kappa shape index (κ1) is 13.2. The molecule has 0 bridgehead atoms. The molecule has 0 aliphatic rings. The summed E-state index contributed by atoms with van der Waals surface area (Å²) < 4.78 is 10.6. The van der Waals surface area contributed by atoms with E-state index in [-0.39, 0.29) is 12.5 Å². The van der Waals surface area contributed by atoms with Gasteiger partial charge in [-0.1, -0.05) is 30.3 Å². The fourth-order valence-corrected chi connectivity index (χ4v) is 2.06.